The number of likely N-dealkylation sites (tertiary alicyclic amines) is 1. The molecule has 1 aliphatic rings. The van der Waals surface area contributed by atoms with Gasteiger partial charge in [0.1, 0.15) is 0 Å². The number of nitrogens with one attached hydrogen (secondary N) is 2. The Morgan fingerprint density at radius 2 is 1.79 bits per heavy atom. The number of nitrogens with zero attached hydrogens (tertiary/aromatic N) is 3. The van der Waals surface area contributed by atoms with Gasteiger partial charge in [0, 0.05) is 23.0 Å². The molecule has 4 aromatic rings. The van der Waals surface area contributed by atoms with Crippen molar-refractivity contribution in [2.75, 3.05) is 39.2 Å². The number of amides is 2. The summed E-state index contributed by atoms with van der Waals surface area (Å²) in [6.45, 7) is 2.36. The second-order valence-electron chi connectivity index (χ2n) is 10.3. The molecular formula is C32H34ClN5O5. The fourth-order valence-corrected chi connectivity index (χ4v) is 5.28. The first-order valence-corrected chi connectivity index (χ1v) is 14.5. The van der Waals surface area contributed by atoms with Gasteiger partial charge in [0.2, 0.25) is 17.6 Å². The zero-order valence-corrected chi connectivity index (χ0v) is 24.9. The van der Waals surface area contributed by atoms with Crippen LogP contribution in [0.1, 0.15) is 34.7 Å². The van der Waals surface area contributed by atoms with E-state index in [-0.39, 0.29) is 17.7 Å². The van der Waals surface area contributed by atoms with Gasteiger partial charge in [0.05, 0.1) is 32.0 Å². The van der Waals surface area contributed by atoms with Crippen molar-refractivity contribution in [3.05, 3.63) is 88.8 Å². The van der Waals surface area contributed by atoms with E-state index in [0.717, 1.165) is 11.1 Å². The molecule has 43 heavy (non-hydrogen) atoms. The Hall–Kier alpha value is -4.41. The molecular weight excluding hydrogens is 570 g/mol. The largest absolute Gasteiger partial charge is 0.493 e. The highest BCUT2D eigenvalue weighted by atomic mass is 35.5. The molecule has 5 rings (SSSR count). The first-order chi connectivity index (χ1) is 20.9. The Balaban J connectivity index is 1.10. The lowest BCUT2D eigenvalue weighted by Crippen LogP contribution is -2.38. The predicted octanol–water partition coefficient (Wildman–Crippen LogP) is 5.23. The molecule has 2 amide bonds. The molecule has 0 radical (unpaired) electrons. The number of benzene rings is 3. The minimum Gasteiger partial charge on any atom is -0.493 e. The van der Waals surface area contributed by atoms with Gasteiger partial charge < -0.3 is 24.6 Å². The van der Waals surface area contributed by atoms with Crippen LogP contribution in [0.25, 0.3) is 11.4 Å². The highest BCUT2D eigenvalue weighted by molar-refractivity contribution is 6.30. The van der Waals surface area contributed by atoms with Crippen LogP contribution < -0.4 is 20.1 Å². The van der Waals surface area contributed by atoms with Gasteiger partial charge in [-0.1, -0.05) is 47.1 Å². The molecule has 0 spiro atoms. The molecule has 0 aliphatic carbocycles. The molecule has 1 saturated heterocycles. The van der Waals surface area contributed by atoms with Crippen LogP contribution in [0.5, 0.6) is 11.5 Å². The number of piperidine rings is 1. The molecule has 0 atom stereocenters. The quantitative estimate of drug-likeness (QED) is 0.239. The van der Waals surface area contributed by atoms with Crippen LogP contribution in [-0.2, 0) is 17.8 Å². The maximum Gasteiger partial charge on any atom is 0.253 e. The molecule has 1 aliphatic heterocycles. The van der Waals surface area contributed by atoms with Crippen LogP contribution in [0.15, 0.2) is 71.3 Å². The average Bonchev–Trinajstić information content (AvgIpc) is 3.50. The molecule has 1 fully saturated rings. The van der Waals surface area contributed by atoms with Crippen LogP contribution in [0.3, 0.4) is 0 Å². The lowest BCUT2D eigenvalue weighted by atomic mass is 9.95. The third kappa shape index (κ3) is 7.71. The Labute approximate surface area is 255 Å². The smallest absolute Gasteiger partial charge is 0.253 e. The molecule has 2 heterocycles. The first kappa shape index (κ1) is 30.1. The van der Waals surface area contributed by atoms with Crippen molar-refractivity contribution < 1.29 is 23.6 Å². The van der Waals surface area contributed by atoms with Crippen LogP contribution in [0.4, 0.5) is 5.69 Å². The molecule has 2 N–H and O–H groups in total. The van der Waals surface area contributed by atoms with Gasteiger partial charge in [0.15, 0.2) is 11.5 Å². The van der Waals surface area contributed by atoms with Gasteiger partial charge in [-0.3, -0.25) is 14.5 Å². The summed E-state index contributed by atoms with van der Waals surface area (Å²) in [6.07, 6.45) is 1.98. The highest BCUT2D eigenvalue weighted by Gasteiger charge is 2.27. The molecule has 0 bridgehead atoms. The summed E-state index contributed by atoms with van der Waals surface area (Å²) in [5.41, 5.74) is 2.72. The summed E-state index contributed by atoms with van der Waals surface area (Å²) in [4.78, 5) is 32.9. The standard InChI is InChI=1S/C32H34ClN5O5/c1-41-27-11-10-21(18-28(27)42-2)12-15-34-32(40)25-8-3-4-9-26(25)35-31(39)22-13-16-38(17-14-22)20-29-36-30(37-43-29)23-6-5-7-24(33)19-23/h3-11,18-19,22H,12-17,20H2,1-2H3,(H,34,40)(H,35,39). The average molecular weight is 604 g/mol. The fraction of sp³-hybridized carbons (Fsp3) is 0.312. The van der Waals surface area contributed by atoms with Crippen molar-refractivity contribution in [1.82, 2.24) is 20.4 Å². The number of carbonyl (C=O) groups excluding carboxylic acids is 2. The number of anilines is 1. The van der Waals surface area contributed by atoms with Gasteiger partial charge in [0.25, 0.3) is 5.91 Å². The topological polar surface area (TPSA) is 119 Å². The van der Waals surface area contributed by atoms with Crippen molar-refractivity contribution in [2.24, 2.45) is 5.92 Å². The Kier molecular flexibility index (Phi) is 9.91. The normalized spacial score (nSPS) is 13.8. The Morgan fingerprint density at radius 1 is 1.00 bits per heavy atom. The molecule has 11 heteroatoms. The maximum absolute atomic E-state index is 13.2. The first-order valence-electron chi connectivity index (χ1n) is 14.1. The van der Waals surface area contributed by atoms with Crippen molar-refractivity contribution >= 4 is 29.1 Å². The van der Waals surface area contributed by atoms with E-state index in [1.807, 2.05) is 30.3 Å². The van der Waals surface area contributed by atoms with E-state index in [4.69, 9.17) is 25.6 Å². The lowest BCUT2D eigenvalue weighted by molar-refractivity contribution is -0.121. The van der Waals surface area contributed by atoms with E-state index < -0.39 is 0 Å². The number of halogens is 1. The van der Waals surface area contributed by atoms with Crippen molar-refractivity contribution in [3.8, 4) is 22.9 Å². The van der Waals surface area contributed by atoms with Crippen molar-refractivity contribution in [1.29, 1.82) is 0 Å². The van der Waals surface area contributed by atoms with E-state index in [2.05, 4.69) is 25.7 Å². The second-order valence-corrected chi connectivity index (χ2v) is 10.7. The van der Waals surface area contributed by atoms with Gasteiger partial charge in [-0.15, -0.1) is 0 Å². The van der Waals surface area contributed by atoms with E-state index in [0.29, 0.717) is 84.9 Å². The van der Waals surface area contributed by atoms with E-state index >= 15 is 0 Å². The van der Waals surface area contributed by atoms with E-state index in [1.54, 1.807) is 50.6 Å². The summed E-state index contributed by atoms with van der Waals surface area (Å²) in [5, 5.41) is 10.6. The van der Waals surface area contributed by atoms with Gasteiger partial charge in [-0.2, -0.15) is 4.98 Å². The second kappa shape index (κ2) is 14.2. The van der Waals surface area contributed by atoms with Crippen LogP contribution in [0, 0.1) is 5.92 Å². The third-order valence-electron chi connectivity index (χ3n) is 7.44. The number of methoxy groups -OCH3 is 2. The summed E-state index contributed by atoms with van der Waals surface area (Å²) in [5.74, 6) is 1.81. The Bertz CT molecular complexity index is 1570. The molecule has 3 aromatic carbocycles. The molecule has 0 unspecified atom stereocenters. The minimum absolute atomic E-state index is 0.0914. The molecule has 10 nitrogen and oxygen atoms in total. The van der Waals surface area contributed by atoms with Crippen LogP contribution in [0.2, 0.25) is 5.02 Å². The van der Waals surface area contributed by atoms with E-state index in [9.17, 15) is 9.59 Å². The maximum atomic E-state index is 13.2. The van der Waals surface area contributed by atoms with Crippen molar-refractivity contribution in [3.63, 3.8) is 0 Å². The SMILES string of the molecule is COc1ccc(CCNC(=O)c2ccccc2NC(=O)C2CCN(Cc3nc(-c4cccc(Cl)c4)no3)CC2)cc1OC. The summed E-state index contributed by atoms with van der Waals surface area (Å²) >= 11 is 6.08. The molecule has 224 valence electrons. The fourth-order valence-electron chi connectivity index (χ4n) is 5.09. The number of hydrogen-bond acceptors (Lipinski definition) is 8. The van der Waals surface area contributed by atoms with Crippen LogP contribution in [-0.4, -0.2) is 60.7 Å². The third-order valence-corrected chi connectivity index (χ3v) is 7.68. The lowest BCUT2D eigenvalue weighted by Gasteiger charge is -2.30. The highest BCUT2D eigenvalue weighted by Crippen LogP contribution is 2.28. The number of ether oxygens (including phenoxy) is 2. The number of aromatic nitrogens is 2. The molecule has 0 saturated carbocycles. The number of rotatable bonds is 11. The summed E-state index contributed by atoms with van der Waals surface area (Å²) in [7, 11) is 3.18. The Morgan fingerprint density at radius 3 is 2.56 bits per heavy atom. The van der Waals surface area contributed by atoms with Gasteiger partial charge in [-0.05, 0) is 74.3 Å². The summed E-state index contributed by atoms with van der Waals surface area (Å²) in [6, 6.07) is 20.0. The minimum atomic E-state index is -0.247. The number of para-hydroxylation sites is 1. The predicted molar refractivity (Wildman–Crippen MR) is 163 cm³/mol. The molecule has 1 aromatic heterocycles. The van der Waals surface area contributed by atoms with E-state index in [1.165, 1.54) is 0 Å². The van der Waals surface area contributed by atoms with Crippen molar-refractivity contribution in [2.45, 2.75) is 25.8 Å². The zero-order valence-electron chi connectivity index (χ0n) is 24.1. The van der Waals surface area contributed by atoms with Crippen LogP contribution >= 0.6 is 11.6 Å². The zero-order chi connectivity index (χ0) is 30.2. The monoisotopic (exact) mass is 603 g/mol. The number of carbonyl (C=O) groups is 2. The number of hydrogen-bond donors (Lipinski definition) is 2. The van der Waals surface area contributed by atoms with Gasteiger partial charge >= 0.3 is 0 Å². The van der Waals surface area contributed by atoms with Gasteiger partial charge in [-0.25, -0.2) is 0 Å². The summed E-state index contributed by atoms with van der Waals surface area (Å²) < 4.78 is 16.1.